The lowest BCUT2D eigenvalue weighted by molar-refractivity contribution is -0.00951. The lowest BCUT2D eigenvalue weighted by atomic mass is 10.0. The molecule has 0 aliphatic carbocycles. The van der Waals surface area contributed by atoms with Crippen molar-refractivity contribution in [3.63, 3.8) is 0 Å². The predicted octanol–water partition coefficient (Wildman–Crippen LogP) is 4.15. The van der Waals surface area contributed by atoms with Crippen LogP contribution in [0.25, 0.3) is 0 Å². The second kappa shape index (κ2) is 8.99. The van der Waals surface area contributed by atoms with E-state index in [1.165, 1.54) is 0 Å². The molecule has 0 aromatic heterocycles. The van der Waals surface area contributed by atoms with Gasteiger partial charge in [-0.15, -0.1) is 0 Å². The standard InChI is InChI=1S/C15H33BO3/c1-10(2)13(7)17-16(18-14(8)11(3)4)19-15(9)12(5)6/h10-15H,1-9H3. The molecule has 0 aromatic carbocycles. The quantitative estimate of drug-likeness (QED) is 0.590. The predicted molar refractivity (Wildman–Crippen MR) is 81.9 cm³/mol. The van der Waals surface area contributed by atoms with E-state index in [0.29, 0.717) is 17.8 Å². The zero-order valence-corrected chi connectivity index (χ0v) is 14.3. The van der Waals surface area contributed by atoms with Crippen molar-refractivity contribution in [3.8, 4) is 0 Å². The van der Waals surface area contributed by atoms with Gasteiger partial charge in [0.25, 0.3) is 0 Å². The molecule has 3 nitrogen and oxygen atoms in total. The Balaban J connectivity index is 4.54. The Morgan fingerprint density at radius 2 is 0.684 bits per heavy atom. The van der Waals surface area contributed by atoms with Crippen LogP contribution in [0.15, 0.2) is 0 Å². The zero-order chi connectivity index (χ0) is 15.2. The molecule has 0 radical (unpaired) electrons. The molecular formula is C15H33BO3. The maximum atomic E-state index is 5.91. The van der Waals surface area contributed by atoms with Crippen molar-refractivity contribution < 1.29 is 14.0 Å². The highest BCUT2D eigenvalue weighted by atomic mass is 16.7. The van der Waals surface area contributed by atoms with E-state index >= 15 is 0 Å². The Labute approximate surface area is 120 Å². The summed E-state index contributed by atoms with van der Waals surface area (Å²) in [5.41, 5.74) is 0. The summed E-state index contributed by atoms with van der Waals surface area (Å²) < 4.78 is 17.7. The van der Waals surface area contributed by atoms with Crippen molar-refractivity contribution in [1.82, 2.24) is 0 Å². The van der Waals surface area contributed by atoms with Crippen LogP contribution in [0.4, 0.5) is 0 Å². The molecule has 0 spiro atoms. The van der Waals surface area contributed by atoms with E-state index in [4.69, 9.17) is 14.0 Å². The van der Waals surface area contributed by atoms with Crippen molar-refractivity contribution in [2.24, 2.45) is 17.8 Å². The summed E-state index contributed by atoms with van der Waals surface area (Å²) in [6.07, 6.45) is 0.344. The lowest BCUT2D eigenvalue weighted by Gasteiger charge is -2.28. The smallest absolute Gasteiger partial charge is 0.383 e. The Morgan fingerprint density at radius 3 is 0.842 bits per heavy atom. The Kier molecular flexibility index (Phi) is 8.96. The molecule has 0 aliphatic rings. The number of rotatable bonds is 9. The highest BCUT2D eigenvalue weighted by molar-refractivity contribution is 6.36. The summed E-state index contributed by atoms with van der Waals surface area (Å²) in [5.74, 6) is 1.33. The Morgan fingerprint density at radius 1 is 0.474 bits per heavy atom. The second-order valence-corrected chi connectivity index (χ2v) is 6.54. The van der Waals surface area contributed by atoms with Crippen molar-refractivity contribution >= 4 is 7.32 Å². The lowest BCUT2D eigenvalue weighted by Crippen LogP contribution is -2.40. The average molecular weight is 272 g/mol. The fourth-order valence-electron chi connectivity index (χ4n) is 1.09. The molecule has 0 aliphatic heterocycles. The van der Waals surface area contributed by atoms with Gasteiger partial charge in [0.15, 0.2) is 0 Å². The molecule has 0 rings (SSSR count). The van der Waals surface area contributed by atoms with Crippen LogP contribution in [0.2, 0.25) is 0 Å². The van der Waals surface area contributed by atoms with Crippen LogP contribution in [0, 0.1) is 17.8 Å². The summed E-state index contributed by atoms with van der Waals surface area (Å²) in [4.78, 5) is 0. The number of hydrogen-bond acceptors (Lipinski definition) is 3. The van der Waals surface area contributed by atoms with Gasteiger partial charge in [-0.3, -0.25) is 0 Å². The maximum absolute atomic E-state index is 5.91. The van der Waals surface area contributed by atoms with Crippen LogP contribution in [-0.2, 0) is 14.0 Å². The van der Waals surface area contributed by atoms with Gasteiger partial charge in [-0.2, -0.15) is 0 Å². The number of hydrogen-bond donors (Lipinski definition) is 0. The van der Waals surface area contributed by atoms with E-state index in [1.54, 1.807) is 0 Å². The molecule has 0 amide bonds. The van der Waals surface area contributed by atoms with Crippen LogP contribution in [-0.4, -0.2) is 25.6 Å². The SMILES string of the molecule is CC(C)C(C)OB(OC(C)C(C)C)OC(C)C(C)C. The van der Waals surface area contributed by atoms with E-state index in [1.807, 2.05) is 0 Å². The molecule has 0 aromatic rings. The summed E-state index contributed by atoms with van der Waals surface area (Å²) in [7, 11) is -0.577. The first-order valence-corrected chi connectivity index (χ1v) is 7.61. The molecule has 114 valence electrons. The zero-order valence-electron chi connectivity index (χ0n) is 14.3. The Bertz CT molecular complexity index is 193. The first kappa shape index (κ1) is 18.9. The molecule has 0 fully saturated rings. The summed E-state index contributed by atoms with van der Waals surface area (Å²) in [6.45, 7) is 19.0. The van der Waals surface area contributed by atoms with Crippen LogP contribution in [0.5, 0.6) is 0 Å². The van der Waals surface area contributed by atoms with Gasteiger partial charge >= 0.3 is 7.32 Å². The Hall–Kier alpha value is -0.0551. The van der Waals surface area contributed by atoms with Gasteiger partial charge in [0.2, 0.25) is 0 Å². The van der Waals surface area contributed by atoms with Gasteiger partial charge in [0.1, 0.15) is 0 Å². The minimum atomic E-state index is -0.577. The van der Waals surface area contributed by atoms with E-state index in [9.17, 15) is 0 Å². The van der Waals surface area contributed by atoms with Gasteiger partial charge in [0, 0.05) is 18.3 Å². The van der Waals surface area contributed by atoms with Gasteiger partial charge < -0.3 is 14.0 Å². The van der Waals surface area contributed by atoms with Crippen molar-refractivity contribution in [2.45, 2.75) is 80.6 Å². The van der Waals surface area contributed by atoms with Gasteiger partial charge in [0.05, 0.1) is 0 Å². The maximum Gasteiger partial charge on any atom is 0.640 e. The third kappa shape index (κ3) is 7.96. The molecule has 0 N–H and O–H groups in total. The first-order chi connectivity index (χ1) is 8.65. The minimum Gasteiger partial charge on any atom is -0.383 e. The van der Waals surface area contributed by atoms with Gasteiger partial charge in [-0.25, -0.2) is 0 Å². The van der Waals surface area contributed by atoms with Crippen molar-refractivity contribution in [1.29, 1.82) is 0 Å². The van der Waals surface area contributed by atoms with Crippen LogP contribution in [0.3, 0.4) is 0 Å². The molecular weight excluding hydrogens is 239 g/mol. The largest absolute Gasteiger partial charge is 0.640 e. The molecule has 0 heterocycles. The molecule has 0 bridgehead atoms. The van der Waals surface area contributed by atoms with Crippen molar-refractivity contribution in [3.05, 3.63) is 0 Å². The fourth-order valence-corrected chi connectivity index (χ4v) is 1.09. The van der Waals surface area contributed by atoms with Crippen molar-refractivity contribution in [2.75, 3.05) is 0 Å². The van der Waals surface area contributed by atoms with Gasteiger partial charge in [-0.1, -0.05) is 41.5 Å². The summed E-state index contributed by atoms with van der Waals surface area (Å²) >= 11 is 0. The molecule has 0 saturated heterocycles. The second-order valence-electron chi connectivity index (χ2n) is 6.54. The van der Waals surface area contributed by atoms with E-state index < -0.39 is 7.32 Å². The average Bonchev–Trinajstić information content (AvgIpc) is 2.27. The molecule has 0 saturated carbocycles. The monoisotopic (exact) mass is 272 g/mol. The third-order valence-electron chi connectivity index (χ3n) is 3.79. The minimum absolute atomic E-state index is 0.115. The van der Waals surface area contributed by atoms with E-state index in [-0.39, 0.29) is 18.3 Å². The normalized spacial score (nSPS) is 17.1. The van der Waals surface area contributed by atoms with Crippen LogP contribution >= 0.6 is 0 Å². The fraction of sp³-hybridized carbons (Fsp3) is 1.00. The third-order valence-corrected chi connectivity index (χ3v) is 3.79. The van der Waals surface area contributed by atoms with E-state index in [2.05, 4.69) is 62.3 Å². The summed E-state index contributed by atoms with van der Waals surface area (Å²) in [5, 5.41) is 0. The van der Waals surface area contributed by atoms with Crippen LogP contribution < -0.4 is 0 Å². The van der Waals surface area contributed by atoms with E-state index in [0.717, 1.165) is 0 Å². The van der Waals surface area contributed by atoms with Crippen LogP contribution in [0.1, 0.15) is 62.3 Å². The topological polar surface area (TPSA) is 27.7 Å². The highest BCUT2D eigenvalue weighted by Gasteiger charge is 2.31. The molecule has 4 heteroatoms. The first-order valence-electron chi connectivity index (χ1n) is 7.61. The highest BCUT2D eigenvalue weighted by Crippen LogP contribution is 2.16. The summed E-state index contributed by atoms with van der Waals surface area (Å²) in [6, 6.07) is 0. The molecule has 19 heavy (non-hydrogen) atoms. The molecule has 3 atom stereocenters. The molecule has 3 unspecified atom stereocenters. The van der Waals surface area contributed by atoms with Gasteiger partial charge in [-0.05, 0) is 38.5 Å².